The number of hydrogen-bond donors (Lipinski definition) is 0. The molecule has 0 N–H and O–H groups in total. The Hall–Kier alpha value is -4.06. The molecule has 1 fully saturated rings. The maximum absolute atomic E-state index is 13.3. The quantitative estimate of drug-likeness (QED) is 0.518. The number of fused-ring (bicyclic) bond motifs is 4. The predicted molar refractivity (Wildman–Crippen MR) is 134 cm³/mol. The molecule has 2 heterocycles. The summed E-state index contributed by atoms with van der Waals surface area (Å²) < 4.78 is 0. The molecule has 2 aliphatic heterocycles. The van der Waals surface area contributed by atoms with Gasteiger partial charge in [0.2, 0.25) is 11.8 Å². The molecule has 178 valence electrons. The van der Waals surface area contributed by atoms with E-state index in [9.17, 15) is 19.2 Å². The minimum Gasteiger partial charge on any atom is -0.274 e. The van der Waals surface area contributed by atoms with Crippen molar-refractivity contribution in [1.82, 2.24) is 0 Å². The highest BCUT2D eigenvalue weighted by Crippen LogP contribution is 2.40. The molecule has 0 bridgehead atoms. The van der Waals surface area contributed by atoms with Gasteiger partial charge in [-0.3, -0.25) is 24.1 Å². The van der Waals surface area contributed by atoms with Gasteiger partial charge in [-0.2, -0.15) is 0 Å². The maximum Gasteiger partial charge on any atom is 0.266 e. The summed E-state index contributed by atoms with van der Waals surface area (Å²) >= 11 is 0. The van der Waals surface area contributed by atoms with Gasteiger partial charge >= 0.3 is 0 Å². The van der Waals surface area contributed by atoms with Crippen LogP contribution < -0.4 is 9.80 Å². The van der Waals surface area contributed by atoms with Crippen molar-refractivity contribution in [2.75, 3.05) is 9.80 Å². The second-order valence-electron chi connectivity index (χ2n) is 10.2. The number of hydrogen-bond acceptors (Lipinski definition) is 4. The first-order valence-corrected chi connectivity index (χ1v) is 12.6. The standard InChI is InChI=1S/C30H24N2O4/c33-27-23-13-17-5-1-2-6-18(17)14-24(23)28(34)31(27)21-9-11-22(12-10-21)32-29(35)25-15-19-7-3-4-8-20(19)16-26(25)30(32)36/h1-2,5-6,9-12,15-16,23-24H,3-4,7-8,13-14H2. The van der Waals surface area contributed by atoms with Crippen molar-refractivity contribution in [3.05, 3.63) is 94.0 Å². The van der Waals surface area contributed by atoms with Crippen LogP contribution in [0.2, 0.25) is 0 Å². The molecule has 2 unspecified atom stereocenters. The Morgan fingerprint density at radius 1 is 0.556 bits per heavy atom. The Morgan fingerprint density at radius 2 is 1.00 bits per heavy atom. The van der Waals surface area contributed by atoms with Crippen LogP contribution in [0, 0.1) is 11.8 Å². The second kappa shape index (κ2) is 7.72. The van der Waals surface area contributed by atoms with Crippen LogP contribution in [0.3, 0.4) is 0 Å². The highest BCUT2D eigenvalue weighted by Gasteiger charge is 2.50. The third-order valence-corrected chi connectivity index (χ3v) is 8.27. The Bertz CT molecular complexity index is 1400. The summed E-state index contributed by atoms with van der Waals surface area (Å²) in [4.78, 5) is 55.4. The number of benzene rings is 3. The topological polar surface area (TPSA) is 74.8 Å². The average molecular weight is 477 g/mol. The van der Waals surface area contributed by atoms with E-state index >= 15 is 0 Å². The first kappa shape index (κ1) is 21.2. The van der Waals surface area contributed by atoms with Crippen molar-refractivity contribution in [2.24, 2.45) is 11.8 Å². The molecule has 0 spiro atoms. The van der Waals surface area contributed by atoms with E-state index in [4.69, 9.17) is 0 Å². The number of anilines is 2. The highest BCUT2D eigenvalue weighted by molar-refractivity contribution is 6.34. The third kappa shape index (κ3) is 2.97. The largest absolute Gasteiger partial charge is 0.274 e. The molecule has 36 heavy (non-hydrogen) atoms. The third-order valence-electron chi connectivity index (χ3n) is 8.27. The molecule has 2 aliphatic carbocycles. The van der Waals surface area contributed by atoms with Crippen molar-refractivity contribution in [3.63, 3.8) is 0 Å². The molecule has 1 saturated heterocycles. The van der Waals surface area contributed by atoms with Gasteiger partial charge in [-0.15, -0.1) is 0 Å². The lowest BCUT2D eigenvalue weighted by atomic mass is 9.77. The van der Waals surface area contributed by atoms with E-state index < -0.39 is 0 Å². The number of carbonyl (C=O) groups excluding carboxylic acids is 4. The van der Waals surface area contributed by atoms with Gasteiger partial charge in [0.1, 0.15) is 0 Å². The summed E-state index contributed by atoms with van der Waals surface area (Å²) in [6.07, 6.45) is 5.20. The van der Waals surface area contributed by atoms with E-state index in [-0.39, 0.29) is 35.5 Å². The maximum atomic E-state index is 13.3. The molecule has 3 aromatic carbocycles. The van der Waals surface area contributed by atoms with Crippen molar-refractivity contribution >= 4 is 35.0 Å². The fraction of sp³-hybridized carbons (Fsp3) is 0.267. The lowest BCUT2D eigenvalue weighted by Gasteiger charge is -2.23. The van der Waals surface area contributed by atoms with Gasteiger partial charge in [-0.05, 0) is 97.2 Å². The van der Waals surface area contributed by atoms with Crippen LogP contribution >= 0.6 is 0 Å². The molecular weight excluding hydrogens is 452 g/mol. The van der Waals surface area contributed by atoms with Gasteiger partial charge in [0, 0.05) is 0 Å². The van der Waals surface area contributed by atoms with Crippen molar-refractivity contribution in [3.8, 4) is 0 Å². The summed E-state index contributed by atoms with van der Waals surface area (Å²) in [7, 11) is 0. The molecule has 3 aromatic rings. The monoisotopic (exact) mass is 476 g/mol. The Labute approximate surface area is 208 Å². The predicted octanol–water partition coefficient (Wildman–Crippen LogP) is 4.27. The first-order valence-electron chi connectivity index (χ1n) is 12.6. The fourth-order valence-electron chi connectivity index (χ4n) is 6.39. The summed E-state index contributed by atoms with van der Waals surface area (Å²) in [6.45, 7) is 0. The Kier molecular flexibility index (Phi) is 4.55. The van der Waals surface area contributed by atoms with Crippen molar-refractivity contribution < 1.29 is 19.2 Å². The molecule has 6 nitrogen and oxygen atoms in total. The van der Waals surface area contributed by atoms with E-state index in [2.05, 4.69) is 0 Å². The second-order valence-corrected chi connectivity index (χ2v) is 10.2. The minimum absolute atomic E-state index is 0.182. The fourth-order valence-corrected chi connectivity index (χ4v) is 6.39. The SMILES string of the molecule is O=C1c2cc3c(cc2C(=O)N1c1ccc(N2C(=O)C4Cc5ccccc5CC4C2=O)cc1)CCCC3. The molecule has 0 radical (unpaired) electrons. The zero-order valence-corrected chi connectivity index (χ0v) is 19.7. The zero-order valence-electron chi connectivity index (χ0n) is 19.7. The van der Waals surface area contributed by atoms with Crippen LogP contribution in [-0.2, 0) is 35.3 Å². The van der Waals surface area contributed by atoms with Crippen LogP contribution in [-0.4, -0.2) is 23.6 Å². The van der Waals surface area contributed by atoms with E-state index in [1.54, 1.807) is 24.3 Å². The smallest absolute Gasteiger partial charge is 0.266 e. The minimum atomic E-state index is -0.352. The molecule has 4 aliphatic rings. The van der Waals surface area contributed by atoms with Crippen LogP contribution in [0.15, 0.2) is 60.7 Å². The molecule has 4 amide bonds. The van der Waals surface area contributed by atoms with Crippen LogP contribution in [0.5, 0.6) is 0 Å². The average Bonchev–Trinajstić information content (AvgIpc) is 3.29. The number of nitrogens with zero attached hydrogens (tertiary/aromatic N) is 2. The van der Waals surface area contributed by atoms with Crippen LogP contribution in [0.4, 0.5) is 11.4 Å². The van der Waals surface area contributed by atoms with E-state index in [1.807, 2.05) is 36.4 Å². The van der Waals surface area contributed by atoms with E-state index in [0.717, 1.165) is 47.9 Å². The number of carbonyl (C=O) groups is 4. The Morgan fingerprint density at radius 3 is 1.47 bits per heavy atom. The summed E-state index contributed by atoms with van der Waals surface area (Å²) in [5.74, 6) is -1.72. The van der Waals surface area contributed by atoms with Crippen molar-refractivity contribution in [1.29, 1.82) is 0 Å². The number of amides is 4. The van der Waals surface area contributed by atoms with Gasteiger partial charge < -0.3 is 0 Å². The molecular formula is C30H24N2O4. The molecule has 6 heteroatoms. The van der Waals surface area contributed by atoms with Gasteiger partial charge in [0.05, 0.1) is 34.3 Å². The van der Waals surface area contributed by atoms with Gasteiger partial charge in [0.15, 0.2) is 0 Å². The van der Waals surface area contributed by atoms with Gasteiger partial charge in [-0.1, -0.05) is 24.3 Å². The number of aryl methyl sites for hydroxylation is 2. The van der Waals surface area contributed by atoms with Gasteiger partial charge in [0.25, 0.3) is 11.8 Å². The van der Waals surface area contributed by atoms with Crippen LogP contribution in [0.1, 0.15) is 55.8 Å². The normalized spacial score (nSPS) is 22.4. The zero-order chi connectivity index (χ0) is 24.6. The van der Waals surface area contributed by atoms with Crippen LogP contribution in [0.25, 0.3) is 0 Å². The Balaban J connectivity index is 1.17. The van der Waals surface area contributed by atoms with Crippen molar-refractivity contribution in [2.45, 2.75) is 38.5 Å². The summed E-state index contributed by atoms with van der Waals surface area (Å²) in [5, 5.41) is 0. The molecule has 0 saturated carbocycles. The first-order chi connectivity index (χ1) is 17.5. The molecule has 2 atom stereocenters. The summed E-state index contributed by atoms with van der Waals surface area (Å²) in [5.41, 5.74) is 6.40. The highest BCUT2D eigenvalue weighted by atomic mass is 16.2. The number of rotatable bonds is 2. The summed E-state index contributed by atoms with van der Waals surface area (Å²) in [6, 6.07) is 18.4. The van der Waals surface area contributed by atoms with E-state index in [0.29, 0.717) is 35.3 Å². The molecule has 7 rings (SSSR count). The number of imide groups is 2. The molecule has 0 aromatic heterocycles. The lowest BCUT2D eigenvalue weighted by molar-refractivity contribution is -0.122. The van der Waals surface area contributed by atoms with E-state index in [1.165, 1.54) is 9.80 Å². The lowest BCUT2D eigenvalue weighted by Crippen LogP contribution is -2.31. The van der Waals surface area contributed by atoms with Gasteiger partial charge in [-0.25, -0.2) is 4.90 Å².